The third-order valence-electron chi connectivity index (χ3n) is 4.15. The van der Waals surface area contributed by atoms with E-state index in [9.17, 15) is 0 Å². The fourth-order valence-corrected chi connectivity index (χ4v) is 4.07. The minimum atomic E-state index is -2.40. The largest absolute Gasteiger partial charge is 0.212 e. The Hall–Kier alpha value is -1.41. The molecule has 0 aliphatic heterocycles. The topological polar surface area (TPSA) is 3.88 Å². The van der Waals surface area contributed by atoms with Crippen LogP contribution in [0, 0.1) is 19.2 Å². The van der Waals surface area contributed by atoms with Gasteiger partial charge < -0.3 is 0 Å². The van der Waals surface area contributed by atoms with Gasteiger partial charge in [-0.05, 0) is 42.8 Å². The van der Waals surface area contributed by atoms with Crippen LogP contribution in [0.2, 0.25) is 19.6 Å². The van der Waals surface area contributed by atoms with Gasteiger partial charge in [-0.2, -0.15) is 0 Å². The molecule has 0 saturated carbocycles. The fourth-order valence-electron chi connectivity index (χ4n) is 2.84. The normalized spacial score (nSPS) is 16.8. The molecule has 2 rings (SSSR count). The minimum Gasteiger partial charge on any atom is -0.201 e. The van der Waals surface area contributed by atoms with E-state index >= 15 is 0 Å². The Morgan fingerprint density at radius 1 is 1.12 bits per heavy atom. The number of pyridine rings is 1. The van der Waals surface area contributed by atoms with Crippen LogP contribution in [-0.4, -0.2) is 8.07 Å². The number of aryl methyl sites for hydroxylation is 3. The van der Waals surface area contributed by atoms with Crippen molar-refractivity contribution < 1.29 is 11.4 Å². The van der Waals surface area contributed by atoms with Gasteiger partial charge in [0.2, 0.25) is 5.69 Å². The van der Waals surface area contributed by atoms with Crippen molar-refractivity contribution in [1.82, 2.24) is 0 Å². The molecule has 1 aromatic heterocycles. The second-order valence-corrected chi connectivity index (χ2v) is 13.8. The monoisotopic (exact) mass is 345 g/mol. The lowest BCUT2D eigenvalue weighted by Gasteiger charge is -2.20. The molecule has 2 aromatic rings. The van der Waals surface area contributed by atoms with Gasteiger partial charge in [0, 0.05) is 24.0 Å². The van der Waals surface area contributed by atoms with Crippen LogP contribution < -0.4 is 9.75 Å². The molecule has 0 amide bonds. The van der Waals surface area contributed by atoms with E-state index in [4.69, 9.17) is 6.85 Å². The number of hydrogen-bond donors (Lipinski definition) is 0. The predicted molar refractivity (Wildman–Crippen MR) is 109 cm³/mol. The highest BCUT2D eigenvalue weighted by molar-refractivity contribution is 6.88. The molecule has 2 heteroatoms. The molecule has 0 fully saturated rings. The van der Waals surface area contributed by atoms with E-state index < -0.39 is 26.7 Å². The van der Waals surface area contributed by atoms with Crippen molar-refractivity contribution in [2.75, 3.05) is 0 Å². The van der Waals surface area contributed by atoms with E-state index in [1.165, 1.54) is 5.19 Å². The Bertz CT molecular complexity index is 919. The predicted octanol–water partition coefficient (Wildman–Crippen LogP) is 4.93. The fraction of sp³-hybridized carbons (Fsp3) is 0.500. The number of hydrogen-bond acceptors (Lipinski definition) is 0. The van der Waals surface area contributed by atoms with Gasteiger partial charge >= 0.3 is 0 Å². The van der Waals surface area contributed by atoms with Crippen LogP contribution in [0.4, 0.5) is 0 Å². The highest BCUT2D eigenvalue weighted by Crippen LogP contribution is 2.26. The number of nitrogens with zero attached hydrogens (tertiary/aromatic N) is 1. The van der Waals surface area contributed by atoms with Gasteiger partial charge in [0.25, 0.3) is 0 Å². The summed E-state index contributed by atoms with van der Waals surface area (Å²) in [7, 11) is 0.410. The number of benzene rings is 1. The van der Waals surface area contributed by atoms with E-state index in [0.717, 1.165) is 16.8 Å². The minimum absolute atomic E-state index is 0.0826. The first kappa shape index (κ1) is 12.9. The van der Waals surface area contributed by atoms with Crippen LogP contribution in [0.15, 0.2) is 30.5 Å². The second-order valence-electron chi connectivity index (χ2n) is 8.75. The summed E-state index contributed by atoms with van der Waals surface area (Å²) in [4.78, 5) is 0. The van der Waals surface area contributed by atoms with Gasteiger partial charge in [0.05, 0.1) is 8.07 Å². The molecule has 0 bridgehead atoms. The summed E-state index contributed by atoms with van der Waals surface area (Å²) in [5.74, 6) is 0. The van der Waals surface area contributed by atoms with Crippen LogP contribution in [0.25, 0.3) is 11.3 Å². The Kier molecular flexibility index (Phi) is 3.48. The molecule has 1 aromatic carbocycles. The molecule has 0 atom stereocenters. The molecule has 0 N–H and O–H groups in total. The Morgan fingerprint density at radius 3 is 2.29 bits per heavy atom. The second kappa shape index (κ2) is 6.48. The van der Waals surface area contributed by atoms with Crippen LogP contribution in [0.1, 0.15) is 44.3 Å². The molecule has 0 spiro atoms. The van der Waals surface area contributed by atoms with Crippen molar-refractivity contribution in [3.8, 4) is 11.3 Å². The average Bonchev–Trinajstić information content (AvgIpc) is 2.51. The molecule has 0 aliphatic rings. The maximum absolute atomic E-state index is 8.66. The zero-order valence-electron chi connectivity index (χ0n) is 21.3. The first-order chi connectivity index (χ1) is 12.9. The van der Waals surface area contributed by atoms with Crippen molar-refractivity contribution in [2.45, 2.75) is 60.6 Å². The zero-order valence-corrected chi connectivity index (χ0v) is 17.3. The van der Waals surface area contributed by atoms with Gasteiger partial charge in [0.15, 0.2) is 6.20 Å². The smallest absolute Gasteiger partial charge is 0.201 e. The summed E-state index contributed by atoms with van der Waals surface area (Å²) >= 11 is 0. The third-order valence-corrected chi connectivity index (χ3v) is 6.20. The molecule has 130 valence electrons. The van der Waals surface area contributed by atoms with Gasteiger partial charge in [-0.3, -0.25) is 0 Å². The van der Waals surface area contributed by atoms with Crippen molar-refractivity contribution in [2.24, 2.45) is 12.5 Å². The van der Waals surface area contributed by atoms with Gasteiger partial charge in [0.1, 0.15) is 7.05 Å². The summed E-state index contributed by atoms with van der Waals surface area (Å²) in [5, 5.41) is 1.36. The summed E-state index contributed by atoms with van der Waals surface area (Å²) in [5.41, 5.74) is 2.43. The first-order valence-corrected chi connectivity index (χ1v) is 12.0. The highest BCUT2D eigenvalue weighted by atomic mass is 28.3. The third kappa shape index (κ3) is 4.35. The molecule has 0 unspecified atom stereocenters. The molecular formula is C22H34NSi+. The number of aromatic nitrogens is 1. The summed E-state index contributed by atoms with van der Waals surface area (Å²) in [6.45, 7) is 11.9. The van der Waals surface area contributed by atoms with Crippen LogP contribution >= 0.6 is 0 Å². The standard InChI is InChI=1S/C22H34NSi/c1-16-13-21(23(6)15-18(16)14-22(3,4)5)20-11-10-19(12-17(20)2)24(7,8)9/h10-13,15H,14H2,1-9H3/q+1/i1D3,14D2. The maximum atomic E-state index is 8.66. The Labute approximate surface area is 156 Å². The lowest BCUT2D eigenvalue weighted by atomic mass is 9.87. The van der Waals surface area contributed by atoms with Gasteiger partial charge in [-0.1, -0.05) is 57.7 Å². The van der Waals surface area contributed by atoms with Crippen molar-refractivity contribution in [3.63, 3.8) is 0 Å². The lowest BCUT2D eigenvalue weighted by molar-refractivity contribution is -0.660. The van der Waals surface area contributed by atoms with Crippen LogP contribution in [-0.2, 0) is 13.4 Å². The molecule has 1 heterocycles. The quantitative estimate of drug-likeness (QED) is 0.548. The highest BCUT2D eigenvalue weighted by Gasteiger charge is 2.21. The van der Waals surface area contributed by atoms with E-state index in [-0.39, 0.29) is 11.1 Å². The zero-order chi connectivity index (χ0) is 22.6. The first-order valence-electron chi connectivity index (χ1n) is 11.0. The molecule has 0 radical (unpaired) electrons. The number of rotatable bonds is 3. The molecule has 1 nitrogen and oxygen atoms in total. The van der Waals surface area contributed by atoms with Crippen LogP contribution in [0.5, 0.6) is 0 Å². The summed E-state index contributed by atoms with van der Waals surface area (Å²) < 4.78 is 43.3. The van der Waals surface area contributed by atoms with E-state index in [1.54, 1.807) is 33.0 Å². The summed E-state index contributed by atoms with van der Waals surface area (Å²) in [6, 6.07) is 8.08. The van der Waals surface area contributed by atoms with Crippen molar-refractivity contribution in [3.05, 3.63) is 47.2 Å². The molecule has 0 aliphatic carbocycles. The van der Waals surface area contributed by atoms with Crippen molar-refractivity contribution >= 4 is 13.3 Å². The average molecular weight is 346 g/mol. The molecule has 24 heavy (non-hydrogen) atoms. The molecule has 0 saturated heterocycles. The lowest BCUT2D eigenvalue weighted by Crippen LogP contribution is -2.38. The maximum Gasteiger partial charge on any atom is 0.212 e. The Morgan fingerprint density at radius 2 is 1.79 bits per heavy atom. The summed E-state index contributed by atoms with van der Waals surface area (Å²) in [6.07, 6.45) is -0.127. The molecular weight excluding hydrogens is 306 g/mol. The SMILES string of the molecule is [2H]C([2H])([2H])c1cc(-c2ccc([Si](C)(C)C)cc2C)[n+](C)cc1C([2H])([2H])C(C)(C)C. The van der Waals surface area contributed by atoms with E-state index in [0.29, 0.717) is 0 Å². The van der Waals surface area contributed by atoms with Crippen LogP contribution in [0.3, 0.4) is 0 Å². The van der Waals surface area contributed by atoms with Gasteiger partial charge in [-0.25, -0.2) is 4.57 Å². The van der Waals surface area contributed by atoms with E-state index in [2.05, 4.69) is 44.8 Å². The van der Waals surface area contributed by atoms with Crippen molar-refractivity contribution in [1.29, 1.82) is 0 Å². The Balaban J connectivity index is 2.78. The van der Waals surface area contributed by atoms with E-state index in [1.807, 2.05) is 11.6 Å². The van der Waals surface area contributed by atoms with Gasteiger partial charge in [-0.15, -0.1) is 0 Å².